The van der Waals surface area contributed by atoms with Gasteiger partial charge in [0.05, 0.1) is 39.1 Å². The molecule has 0 aliphatic carbocycles. The summed E-state index contributed by atoms with van der Waals surface area (Å²) in [7, 11) is 0.909. The Balaban J connectivity index is 1.25. The van der Waals surface area contributed by atoms with Crippen LogP contribution in [0.2, 0.25) is 18.6 Å². The van der Waals surface area contributed by atoms with Crippen LogP contribution < -0.4 is 19.6 Å². The van der Waals surface area contributed by atoms with Gasteiger partial charge in [-0.15, -0.1) is 0 Å². The molecule has 52 heavy (non-hydrogen) atoms. The van der Waals surface area contributed by atoms with Gasteiger partial charge < -0.3 is 24.2 Å². The van der Waals surface area contributed by atoms with Gasteiger partial charge in [-0.05, 0) is 53.4 Å². The number of hydrogen-bond acceptors (Lipinski definition) is 6. The smallest absolute Gasteiger partial charge is 0.263 e. The number of hydrogen-bond donors (Lipinski definition) is 1. The molecule has 268 valence electrons. The number of aliphatic hydroxyl groups excluding tert-OH is 1. The number of nitrogens with zero attached hydrogens (tertiary/aromatic N) is 2. The van der Waals surface area contributed by atoms with Crippen LogP contribution in [-0.4, -0.2) is 63.4 Å². The largest absolute Gasteiger partial charge is 0.497 e. The highest BCUT2D eigenvalue weighted by Gasteiger charge is 2.48. The summed E-state index contributed by atoms with van der Waals surface area (Å²) in [5, 5.41) is 13.2. The Bertz CT molecular complexity index is 2080. The van der Waals surface area contributed by atoms with Crippen molar-refractivity contribution in [2.75, 3.05) is 32.3 Å². The van der Waals surface area contributed by atoms with Gasteiger partial charge in [0.1, 0.15) is 17.6 Å². The van der Waals surface area contributed by atoms with Gasteiger partial charge in [-0.2, -0.15) is 0 Å². The second kappa shape index (κ2) is 14.6. The summed E-state index contributed by atoms with van der Waals surface area (Å²) < 4.78 is 18.8. The van der Waals surface area contributed by atoms with Crippen molar-refractivity contribution in [3.8, 4) is 11.5 Å². The summed E-state index contributed by atoms with van der Waals surface area (Å²) >= 11 is 0. The van der Waals surface area contributed by atoms with Crippen molar-refractivity contribution in [1.29, 1.82) is 0 Å². The van der Waals surface area contributed by atoms with Gasteiger partial charge in [-0.3, -0.25) is 14.5 Å². The Morgan fingerprint density at radius 1 is 0.942 bits per heavy atom. The first-order valence-corrected chi connectivity index (χ1v) is 21.0. The van der Waals surface area contributed by atoms with E-state index in [1.54, 1.807) is 24.0 Å². The molecule has 5 aromatic rings. The van der Waals surface area contributed by atoms with E-state index >= 15 is 0 Å². The molecule has 8 nitrogen and oxygen atoms in total. The predicted octanol–water partition coefficient (Wildman–Crippen LogP) is 7.62. The zero-order valence-electron chi connectivity index (χ0n) is 30.4. The lowest BCUT2D eigenvalue weighted by Gasteiger charge is -2.46. The minimum Gasteiger partial charge on any atom is -0.497 e. The fourth-order valence-corrected chi connectivity index (χ4v) is 11.6. The molecular weight excluding hydrogens is 669 g/mol. The summed E-state index contributed by atoms with van der Waals surface area (Å²) in [6.45, 7) is 7.27. The maximum absolute atomic E-state index is 14.4. The van der Waals surface area contributed by atoms with Crippen LogP contribution in [0, 0.1) is 5.92 Å². The Labute approximate surface area is 306 Å². The van der Waals surface area contributed by atoms with Gasteiger partial charge in [0.25, 0.3) is 5.91 Å². The molecule has 0 radical (unpaired) electrons. The molecule has 0 aromatic heterocycles. The molecule has 2 amide bonds. The van der Waals surface area contributed by atoms with Crippen molar-refractivity contribution in [3.05, 3.63) is 126 Å². The van der Waals surface area contributed by atoms with E-state index in [0.717, 1.165) is 39.0 Å². The van der Waals surface area contributed by atoms with Crippen molar-refractivity contribution >= 4 is 47.2 Å². The fraction of sp³-hybridized carbons (Fsp3) is 0.302. The van der Waals surface area contributed by atoms with Crippen molar-refractivity contribution in [2.24, 2.45) is 5.92 Å². The van der Waals surface area contributed by atoms with Crippen LogP contribution in [0.15, 0.2) is 109 Å². The molecule has 1 unspecified atom stereocenters. The topological polar surface area (TPSA) is 88.5 Å². The zero-order chi connectivity index (χ0) is 36.6. The average Bonchev–Trinajstić information content (AvgIpc) is 3.45. The number of rotatable bonds is 12. The third-order valence-electron chi connectivity index (χ3n) is 11.1. The van der Waals surface area contributed by atoms with E-state index in [-0.39, 0.29) is 55.1 Å². The van der Waals surface area contributed by atoms with Crippen LogP contribution in [0.1, 0.15) is 40.9 Å². The monoisotopic (exact) mass is 714 g/mol. The van der Waals surface area contributed by atoms with Crippen LogP contribution >= 0.6 is 0 Å². The molecule has 0 bridgehead atoms. The Hall–Kier alpha value is -4.96. The number of amides is 2. The number of anilines is 2. The Kier molecular flexibility index (Phi) is 9.93. The van der Waals surface area contributed by atoms with E-state index in [1.807, 2.05) is 97.1 Å². The zero-order valence-corrected chi connectivity index (χ0v) is 31.4. The molecule has 0 saturated carbocycles. The molecular formula is C43H46N2O6Si. The molecule has 1 N–H and O–H groups in total. The summed E-state index contributed by atoms with van der Waals surface area (Å²) in [4.78, 5) is 31.7. The number of benzene rings is 5. The normalized spacial score (nSPS) is 18.5. The van der Waals surface area contributed by atoms with Gasteiger partial charge in [0.2, 0.25) is 5.91 Å². The number of ether oxygens (including phenoxy) is 3. The first kappa shape index (κ1) is 35.4. The quantitative estimate of drug-likeness (QED) is 0.134. The lowest BCUT2D eigenvalue weighted by Crippen LogP contribution is -2.55. The van der Waals surface area contributed by atoms with E-state index in [4.69, 9.17) is 14.2 Å². The second-order valence-corrected chi connectivity index (χ2v) is 19.2. The molecule has 4 atom stereocenters. The number of fused-ring (bicyclic) bond motifs is 1. The number of carbonyl (C=O) groups is 2. The predicted molar refractivity (Wildman–Crippen MR) is 208 cm³/mol. The van der Waals surface area contributed by atoms with E-state index in [9.17, 15) is 14.7 Å². The van der Waals surface area contributed by atoms with Gasteiger partial charge in [-0.25, -0.2) is 0 Å². The summed E-state index contributed by atoms with van der Waals surface area (Å²) in [5.41, 5.74) is 4.04. The van der Waals surface area contributed by atoms with Crippen molar-refractivity contribution in [3.63, 3.8) is 0 Å². The molecule has 0 saturated heterocycles. The third kappa shape index (κ3) is 6.38. The number of carbonyl (C=O) groups excluding carboxylic acids is 2. The van der Waals surface area contributed by atoms with E-state index < -0.39 is 8.07 Å². The molecule has 5 aromatic carbocycles. The van der Waals surface area contributed by atoms with Gasteiger partial charge in [0.15, 0.2) is 0 Å². The average molecular weight is 715 g/mol. The number of aliphatic hydroxyl groups is 1. The van der Waals surface area contributed by atoms with Crippen molar-refractivity contribution in [1.82, 2.24) is 4.90 Å². The minimum atomic E-state index is -2.46. The summed E-state index contributed by atoms with van der Waals surface area (Å²) in [6.07, 6.45) is -0.447. The van der Waals surface area contributed by atoms with Crippen LogP contribution in [-0.2, 0) is 16.1 Å². The molecule has 2 aliphatic heterocycles. The van der Waals surface area contributed by atoms with E-state index in [2.05, 4.69) is 32.2 Å². The first-order chi connectivity index (χ1) is 25.2. The standard InChI is InChI=1S/C43H46N2O6Si/c1-28-41(50-3)35-25-31(45-36-16-10-14-30-13-9-15-34(40(30)36)43(45)48)17-22-37(35)51-42(28)38(52(4,5)33-20-18-32(49-2)19-21-33)26-39(47)44(23-24-46)27-29-11-7-6-8-12-29/h6-22,25,28,38,41-42,46H,23-24,26-27H2,1-5H3/t28-,38?,41-,42-/m1/s1. The molecule has 7 rings (SSSR count). The molecule has 2 aliphatic rings. The van der Waals surface area contributed by atoms with E-state index in [1.165, 1.54) is 5.19 Å². The van der Waals surface area contributed by atoms with E-state index in [0.29, 0.717) is 17.9 Å². The van der Waals surface area contributed by atoms with Crippen molar-refractivity contribution < 1.29 is 28.9 Å². The second-order valence-electron chi connectivity index (χ2n) is 14.4. The van der Waals surface area contributed by atoms with Gasteiger partial charge >= 0.3 is 0 Å². The maximum atomic E-state index is 14.4. The fourth-order valence-electron chi connectivity index (χ4n) is 8.23. The lowest BCUT2D eigenvalue weighted by atomic mass is 9.86. The lowest BCUT2D eigenvalue weighted by molar-refractivity contribution is -0.133. The SMILES string of the molecule is COc1ccc([Si](C)(C)C(CC(=O)N(CCO)Cc2ccccc2)[C@@H]2Oc3ccc(N4C(=O)c5cccc6cccc4c56)cc3[C@H](OC)[C@H]2C)cc1. The first-order valence-electron chi connectivity index (χ1n) is 17.9. The molecule has 0 fully saturated rings. The molecule has 9 heteroatoms. The third-order valence-corrected chi connectivity index (χ3v) is 15.3. The highest BCUT2D eigenvalue weighted by Crippen LogP contribution is 2.50. The van der Waals surface area contributed by atoms with Crippen LogP contribution in [0.5, 0.6) is 11.5 Å². The van der Waals surface area contributed by atoms with Gasteiger partial charge in [-0.1, -0.05) is 91.9 Å². The Morgan fingerprint density at radius 3 is 2.37 bits per heavy atom. The molecule has 2 heterocycles. The van der Waals surface area contributed by atoms with Crippen LogP contribution in [0.4, 0.5) is 11.4 Å². The van der Waals surface area contributed by atoms with Crippen LogP contribution in [0.25, 0.3) is 10.8 Å². The van der Waals surface area contributed by atoms with Crippen molar-refractivity contribution in [2.45, 2.75) is 50.7 Å². The summed E-state index contributed by atoms with van der Waals surface area (Å²) in [5.74, 6) is 1.25. The minimum absolute atomic E-state index is 0.0239. The number of methoxy groups -OCH3 is 2. The Morgan fingerprint density at radius 2 is 1.67 bits per heavy atom. The highest BCUT2D eigenvalue weighted by molar-refractivity contribution is 6.91. The molecule has 0 spiro atoms. The maximum Gasteiger partial charge on any atom is 0.263 e. The van der Waals surface area contributed by atoms with Crippen LogP contribution in [0.3, 0.4) is 0 Å². The highest BCUT2D eigenvalue weighted by atomic mass is 28.3. The summed E-state index contributed by atoms with van der Waals surface area (Å²) in [6, 6.07) is 35.8. The van der Waals surface area contributed by atoms with Gasteiger partial charge in [0, 0.05) is 54.7 Å².